The summed E-state index contributed by atoms with van der Waals surface area (Å²) in [5.41, 5.74) is 0.109. The van der Waals surface area contributed by atoms with E-state index in [1.54, 1.807) is 35.2 Å². The van der Waals surface area contributed by atoms with Crippen molar-refractivity contribution in [3.63, 3.8) is 0 Å². The smallest absolute Gasteiger partial charge is 0.418 e. The van der Waals surface area contributed by atoms with E-state index in [9.17, 15) is 46.3 Å². The predicted octanol–water partition coefficient (Wildman–Crippen LogP) is 6.31. The van der Waals surface area contributed by atoms with Gasteiger partial charge in [0, 0.05) is 86.9 Å². The van der Waals surface area contributed by atoms with Crippen LogP contribution in [0.5, 0.6) is 11.5 Å². The summed E-state index contributed by atoms with van der Waals surface area (Å²) in [7, 11) is 0. The quantitative estimate of drug-likeness (QED) is 0.0584. The number of imide groups is 1. The van der Waals surface area contributed by atoms with Crippen LogP contribution in [0.3, 0.4) is 0 Å². The number of carbonyl (C=O) groups excluding carboxylic acids is 6. The lowest BCUT2D eigenvalue weighted by molar-refractivity contribution is -0.138. The van der Waals surface area contributed by atoms with E-state index >= 15 is 0 Å². The lowest BCUT2D eigenvalue weighted by Crippen LogP contribution is -2.70. The third-order valence-corrected chi connectivity index (χ3v) is 15.1. The zero-order chi connectivity index (χ0) is 50.8. The second-order valence-corrected chi connectivity index (χ2v) is 19.9. The predicted molar refractivity (Wildman–Crippen MR) is 258 cm³/mol. The molecule has 1 saturated carbocycles. The van der Waals surface area contributed by atoms with Crippen LogP contribution in [-0.2, 0) is 36.7 Å². The third kappa shape index (κ3) is 9.65. The van der Waals surface area contributed by atoms with Crippen LogP contribution in [0.25, 0.3) is 10.9 Å². The number of ether oxygens (including phenoxy) is 1. The van der Waals surface area contributed by atoms with Gasteiger partial charge in [-0.15, -0.1) is 0 Å². The molecule has 12 rings (SSSR count). The number of piperidine rings is 3. The monoisotopic (exact) mass is 1000 g/mol. The van der Waals surface area contributed by atoms with Gasteiger partial charge in [-0.25, -0.2) is 9.37 Å². The zero-order valence-corrected chi connectivity index (χ0v) is 39.3. The molecule has 0 radical (unpaired) electrons. The molecule has 4 N–H and O–H groups in total. The van der Waals surface area contributed by atoms with Crippen LogP contribution < -0.4 is 30.9 Å². The Bertz CT molecular complexity index is 3040. The molecular formula is C52H50F4N10O7. The molecule has 3 atom stereocenters. The first kappa shape index (κ1) is 47.8. The van der Waals surface area contributed by atoms with E-state index in [-0.39, 0.29) is 78.5 Å². The molecule has 3 unspecified atom stereocenters. The minimum absolute atomic E-state index is 0.0638. The Morgan fingerprint density at radius 2 is 1.52 bits per heavy atom. The van der Waals surface area contributed by atoms with Gasteiger partial charge in [0.1, 0.15) is 34.6 Å². The maximum atomic E-state index is 14.9. The first-order valence-corrected chi connectivity index (χ1v) is 24.4. The van der Waals surface area contributed by atoms with E-state index in [1.165, 1.54) is 53.7 Å². The summed E-state index contributed by atoms with van der Waals surface area (Å²) in [6.45, 7) is 3.59. The molecule has 5 aromatic rings. The number of rotatable bonds is 13. The van der Waals surface area contributed by atoms with Gasteiger partial charge in [-0.2, -0.15) is 13.2 Å². The summed E-state index contributed by atoms with van der Waals surface area (Å²) in [6.07, 6.45) is 1.69. The van der Waals surface area contributed by atoms with Crippen molar-refractivity contribution in [3.8, 4) is 11.5 Å². The first-order valence-electron chi connectivity index (χ1n) is 24.4. The summed E-state index contributed by atoms with van der Waals surface area (Å²) in [6, 6.07) is 16.9. The highest BCUT2D eigenvalue weighted by Gasteiger charge is 2.56. The number of amides is 6. The topological polar surface area (TPSA) is 199 Å². The largest absolute Gasteiger partial charge is 0.457 e. The Kier molecular flexibility index (Phi) is 12.3. The van der Waals surface area contributed by atoms with Crippen molar-refractivity contribution in [2.75, 3.05) is 60.1 Å². The standard InChI is InChI=1S/C52H50F4N10O7/c53-31-1-3-32(4-2-31)59-49(71)51(14-15-51)50(72)60-33-5-7-36(8-6-33)73-43-11-16-57-40-22-42(39(21-37(40)43)52(54,55)56)64-17-12-29(13-18-64)24-63-26-34-20-35(27-63)65(34)28-46(68)61-44-19-30-25-66(48(70)38(30)23-58-44)41-9-10-45(67)62-47(41)69/h1-8,11,16,19,21-23,29,34-35,41H,9-10,12-15,17-18,20,24-28H2,(H,59,71)(H,60,72)(H,58,61,68)(H,62,67,69). The van der Waals surface area contributed by atoms with E-state index in [0.717, 1.165) is 32.1 Å². The van der Waals surface area contributed by atoms with Gasteiger partial charge in [0.15, 0.2) is 0 Å². The number of nitrogens with one attached hydrogen (secondary N) is 4. The van der Waals surface area contributed by atoms with Crippen molar-refractivity contribution in [3.05, 3.63) is 108 Å². The first-order chi connectivity index (χ1) is 35.1. The van der Waals surface area contributed by atoms with E-state index in [1.807, 2.05) is 0 Å². The minimum atomic E-state index is -4.67. The summed E-state index contributed by atoms with van der Waals surface area (Å²) >= 11 is 0. The number of carbonyl (C=O) groups is 6. The molecule has 21 heteroatoms. The van der Waals surface area contributed by atoms with Crippen LogP contribution >= 0.6 is 0 Å². The lowest BCUT2D eigenvalue weighted by atomic mass is 9.86. The normalized spacial score (nSPS) is 21.8. The Hall–Kier alpha value is -7.52. The number of piperazine rings is 1. The Morgan fingerprint density at radius 1 is 0.836 bits per heavy atom. The number of benzene rings is 3. The van der Waals surface area contributed by atoms with Gasteiger partial charge in [0.05, 0.1) is 28.9 Å². The Labute approximate surface area is 415 Å². The molecule has 0 spiro atoms. The van der Waals surface area contributed by atoms with Gasteiger partial charge in [0.25, 0.3) is 5.91 Å². The molecule has 17 nitrogen and oxygen atoms in total. The number of aromatic nitrogens is 2. The van der Waals surface area contributed by atoms with E-state index in [4.69, 9.17) is 4.74 Å². The average Bonchev–Trinajstić information content (AvgIpc) is 4.13. The Morgan fingerprint density at radius 3 is 2.18 bits per heavy atom. The van der Waals surface area contributed by atoms with Crippen LogP contribution in [0, 0.1) is 17.2 Å². The van der Waals surface area contributed by atoms with Crippen molar-refractivity contribution in [1.82, 2.24) is 30.0 Å². The van der Waals surface area contributed by atoms with Crippen molar-refractivity contribution < 1.29 is 51.1 Å². The molecule has 3 aromatic carbocycles. The average molecular weight is 1000 g/mol. The van der Waals surface area contributed by atoms with Gasteiger partial charge in [-0.3, -0.25) is 48.9 Å². The maximum absolute atomic E-state index is 14.9. The number of hydrogen-bond donors (Lipinski definition) is 4. The minimum Gasteiger partial charge on any atom is -0.457 e. The molecule has 6 amide bonds. The fraction of sp³-hybridized carbons (Fsp3) is 0.385. The summed E-state index contributed by atoms with van der Waals surface area (Å²) in [4.78, 5) is 93.1. The summed E-state index contributed by atoms with van der Waals surface area (Å²) in [5.74, 6) is -1.81. The van der Waals surface area contributed by atoms with E-state index in [0.29, 0.717) is 78.4 Å². The van der Waals surface area contributed by atoms with Crippen LogP contribution in [0.15, 0.2) is 85.2 Å². The number of hydrogen-bond acceptors (Lipinski definition) is 12. The van der Waals surface area contributed by atoms with Gasteiger partial charge < -0.3 is 30.5 Å². The molecule has 5 saturated heterocycles. The Balaban J connectivity index is 0.664. The van der Waals surface area contributed by atoms with Crippen LogP contribution in [-0.4, -0.2) is 118 Å². The summed E-state index contributed by atoms with van der Waals surface area (Å²) < 4.78 is 64.0. The molecule has 6 fully saturated rings. The second kappa shape index (κ2) is 18.8. The number of nitrogens with zero attached hydrogens (tertiary/aromatic N) is 6. The molecule has 73 heavy (non-hydrogen) atoms. The van der Waals surface area contributed by atoms with Gasteiger partial charge >= 0.3 is 6.18 Å². The second-order valence-electron chi connectivity index (χ2n) is 19.9. The maximum Gasteiger partial charge on any atom is 0.418 e. The fourth-order valence-electron chi connectivity index (χ4n) is 11.0. The molecular weight excluding hydrogens is 953 g/mol. The van der Waals surface area contributed by atoms with Crippen molar-refractivity contribution in [2.45, 2.75) is 75.8 Å². The molecule has 2 aromatic heterocycles. The number of pyridine rings is 2. The van der Waals surface area contributed by atoms with Crippen LogP contribution in [0.2, 0.25) is 0 Å². The molecule has 378 valence electrons. The number of halogens is 4. The summed E-state index contributed by atoms with van der Waals surface area (Å²) in [5, 5.41) is 10.8. The highest BCUT2D eigenvalue weighted by Crippen LogP contribution is 2.48. The highest BCUT2D eigenvalue weighted by molar-refractivity contribution is 6.17. The molecule has 7 aliphatic rings. The molecule has 2 bridgehead atoms. The van der Waals surface area contributed by atoms with Crippen molar-refractivity contribution in [2.24, 2.45) is 11.3 Å². The van der Waals surface area contributed by atoms with Crippen LogP contribution in [0.4, 0.5) is 40.4 Å². The SMILES string of the molecule is O=C1CCC(N2Cc3cc(NC(=O)CN4C5CC4CN(CC4CCN(c6cc7nccc(Oc8ccc(NC(=O)C9(C(=O)Nc%10ccc(F)cc%10)CC9)cc8)c7cc6C(F)(F)F)CC4)C5)ncc3C2=O)C(=O)N1. The van der Waals surface area contributed by atoms with Gasteiger partial charge in [-0.05, 0) is 123 Å². The van der Waals surface area contributed by atoms with Crippen LogP contribution in [0.1, 0.15) is 66.4 Å². The number of anilines is 4. The highest BCUT2D eigenvalue weighted by atomic mass is 19.4. The van der Waals surface area contributed by atoms with Crippen molar-refractivity contribution in [1.29, 1.82) is 0 Å². The third-order valence-electron chi connectivity index (χ3n) is 15.1. The van der Waals surface area contributed by atoms with Crippen molar-refractivity contribution >= 4 is 69.2 Å². The molecule has 1 aliphatic carbocycles. The fourth-order valence-corrected chi connectivity index (χ4v) is 11.0. The van der Waals surface area contributed by atoms with E-state index in [2.05, 4.69) is 41.0 Å². The van der Waals surface area contributed by atoms with E-state index < -0.39 is 46.7 Å². The van der Waals surface area contributed by atoms with Gasteiger partial charge in [0.2, 0.25) is 29.5 Å². The molecule has 6 aliphatic heterocycles. The zero-order valence-electron chi connectivity index (χ0n) is 39.3. The number of fused-ring (bicyclic) bond motifs is 4. The van der Waals surface area contributed by atoms with Gasteiger partial charge in [-0.1, -0.05) is 0 Å². The molecule has 8 heterocycles. The lowest BCUT2D eigenvalue weighted by Gasteiger charge is -2.56. The number of alkyl halides is 3.